The van der Waals surface area contributed by atoms with Gasteiger partial charge in [0.2, 0.25) is 0 Å². The molecule has 2 N–H and O–H groups in total. The largest absolute Gasteiger partial charge is 0.416 e. The molecule has 0 aromatic heterocycles. The summed E-state index contributed by atoms with van der Waals surface area (Å²) in [7, 11) is 1.65. The SMILES string of the molecule is CCNC(=NCc1cccc(COC)c1)NCc1ccc(C(F)(F)F)cc1.I. The normalized spacial score (nSPS) is 11.7. The molecule has 0 heterocycles. The molecule has 28 heavy (non-hydrogen) atoms. The van der Waals surface area contributed by atoms with Crippen LogP contribution < -0.4 is 10.6 Å². The summed E-state index contributed by atoms with van der Waals surface area (Å²) in [6.07, 6.45) is -4.32. The zero-order chi connectivity index (χ0) is 19.7. The van der Waals surface area contributed by atoms with Gasteiger partial charge in [0, 0.05) is 20.2 Å². The predicted molar refractivity (Wildman–Crippen MR) is 116 cm³/mol. The van der Waals surface area contributed by atoms with Crippen molar-refractivity contribution in [2.45, 2.75) is 32.8 Å². The molecule has 154 valence electrons. The van der Waals surface area contributed by atoms with E-state index in [1.807, 2.05) is 31.2 Å². The van der Waals surface area contributed by atoms with Crippen molar-refractivity contribution in [2.24, 2.45) is 4.99 Å². The van der Waals surface area contributed by atoms with E-state index in [2.05, 4.69) is 15.6 Å². The van der Waals surface area contributed by atoms with Crippen molar-refractivity contribution in [3.05, 3.63) is 70.8 Å². The maximum Gasteiger partial charge on any atom is 0.416 e. The summed E-state index contributed by atoms with van der Waals surface area (Å²) in [6, 6.07) is 13.1. The standard InChI is InChI=1S/C20H24F3N3O.HI/c1-3-24-19(26-13-16-5-4-6-17(11-16)14-27-2)25-12-15-7-9-18(10-8-15)20(21,22)23;/h4-11H,3,12-14H2,1-2H3,(H2,24,25,26);1H. The number of halogens is 4. The predicted octanol–water partition coefficient (Wildman–Crippen LogP) is 4.73. The summed E-state index contributed by atoms with van der Waals surface area (Å²) in [5.41, 5.74) is 2.22. The van der Waals surface area contributed by atoms with Crippen LogP contribution >= 0.6 is 24.0 Å². The third-order valence-electron chi connectivity index (χ3n) is 3.81. The number of methoxy groups -OCH3 is 1. The van der Waals surface area contributed by atoms with Gasteiger partial charge in [-0.25, -0.2) is 4.99 Å². The molecule has 2 aromatic rings. The first-order valence-electron chi connectivity index (χ1n) is 8.67. The van der Waals surface area contributed by atoms with E-state index in [4.69, 9.17) is 4.74 Å². The highest BCUT2D eigenvalue weighted by Gasteiger charge is 2.29. The molecule has 0 saturated carbocycles. The number of nitrogens with zero attached hydrogens (tertiary/aromatic N) is 1. The molecule has 0 unspecified atom stereocenters. The number of rotatable bonds is 7. The van der Waals surface area contributed by atoms with Crippen LogP contribution in [0.3, 0.4) is 0 Å². The average molecular weight is 507 g/mol. The topological polar surface area (TPSA) is 45.7 Å². The van der Waals surface area contributed by atoms with Gasteiger partial charge in [0.25, 0.3) is 0 Å². The van der Waals surface area contributed by atoms with Crippen molar-refractivity contribution in [1.82, 2.24) is 10.6 Å². The fraction of sp³-hybridized carbons (Fsp3) is 0.350. The van der Waals surface area contributed by atoms with Gasteiger partial charge < -0.3 is 15.4 Å². The van der Waals surface area contributed by atoms with Crippen LogP contribution in [-0.4, -0.2) is 19.6 Å². The Hall–Kier alpha value is -1.81. The molecule has 0 aliphatic carbocycles. The number of alkyl halides is 3. The van der Waals surface area contributed by atoms with Crippen molar-refractivity contribution in [1.29, 1.82) is 0 Å². The molecular weight excluding hydrogens is 482 g/mol. The lowest BCUT2D eigenvalue weighted by Gasteiger charge is -2.12. The van der Waals surface area contributed by atoms with Gasteiger partial charge in [0.05, 0.1) is 18.7 Å². The third kappa shape index (κ3) is 8.05. The Morgan fingerprint density at radius 1 is 1.00 bits per heavy atom. The Morgan fingerprint density at radius 3 is 2.29 bits per heavy atom. The van der Waals surface area contributed by atoms with E-state index in [1.165, 1.54) is 12.1 Å². The van der Waals surface area contributed by atoms with E-state index >= 15 is 0 Å². The number of aliphatic imine (C=N–C) groups is 1. The van der Waals surface area contributed by atoms with Crippen LogP contribution in [0, 0.1) is 0 Å². The van der Waals surface area contributed by atoms with Gasteiger partial charge in [0.15, 0.2) is 5.96 Å². The smallest absolute Gasteiger partial charge is 0.380 e. The van der Waals surface area contributed by atoms with E-state index in [1.54, 1.807) is 7.11 Å². The molecule has 0 bridgehead atoms. The molecule has 0 amide bonds. The molecule has 0 aliphatic heterocycles. The van der Waals surface area contributed by atoms with Gasteiger partial charge in [-0.3, -0.25) is 0 Å². The van der Waals surface area contributed by atoms with Gasteiger partial charge in [-0.05, 0) is 35.7 Å². The molecule has 0 atom stereocenters. The third-order valence-corrected chi connectivity index (χ3v) is 3.81. The Kier molecular flexibility index (Phi) is 10.3. The minimum absolute atomic E-state index is 0. The molecule has 2 aromatic carbocycles. The number of ether oxygens (including phenoxy) is 1. The van der Waals surface area contributed by atoms with Gasteiger partial charge in [-0.15, -0.1) is 24.0 Å². The summed E-state index contributed by atoms with van der Waals surface area (Å²) in [5.74, 6) is 0.606. The molecule has 0 saturated heterocycles. The van der Waals surface area contributed by atoms with E-state index in [0.717, 1.165) is 28.8 Å². The van der Waals surface area contributed by atoms with Crippen LogP contribution in [0.5, 0.6) is 0 Å². The Balaban J connectivity index is 0.00000392. The van der Waals surface area contributed by atoms with Crippen molar-refractivity contribution in [2.75, 3.05) is 13.7 Å². The number of hydrogen-bond acceptors (Lipinski definition) is 2. The molecule has 4 nitrogen and oxygen atoms in total. The van der Waals surface area contributed by atoms with Crippen molar-refractivity contribution >= 4 is 29.9 Å². The second-order valence-corrected chi connectivity index (χ2v) is 6.00. The monoisotopic (exact) mass is 507 g/mol. The minimum atomic E-state index is -4.32. The fourth-order valence-electron chi connectivity index (χ4n) is 2.49. The first-order chi connectivity index (χ1) is 12.9. The van der Waals surface area contributed by atoms with Crippen molar-refractivity contribution in [3.8, 4) is 0 Å². The second-order valence-electron chi connectivity index (χ2n) is 6.00. The summed E-state index contributed by atoms with van der Waals surface area (Å²) in [5, 5.41) is 6.27. The van der Waals surface area contributed by atoms with E-state index < -0.39 is 11.7 Å². The molecule has 8 heteroatoms. The summed E-state index contributed by atoms with van der Waals surface area (Å²) >= 11 is 0. The van der Waals surface area contributed by atoms with Gasteiger partial charge in [-0.2, -0.15) is 13.2 Å². The average Bonchev–Trinajstić information content (AvgIpc) is 2.64. The quantitative estimate of drug-likeness (QED) is 0.324. The lowest BCUT2D eigenvalue weighted by Crippen LogP contribution is -2.36. The van der Waals surface area contributed by atoms with Gasteiger partial charge in [0.1, 0.15) is 0 Å². The lowest BCUT2D eigenvalue weighted by molar-refractivity contribution is -0.137. The molecule has 2 rings (SSSR count). The molecule has 0 aliphatic rings. The zero-order valence-electron chi connectivity index (χ0n) is 15.8. The highest BCUT2D eigenvalue weighted by Crippen LogP contribution is 2.29. The van der Waals surface area contributed by atoms with Crippen LogP contribution in [0.25, 0.3) is 0 Å². The zero-order valence-corrected chi connectivity index (χ0v) is 18.2. The van der Waals surface area contributed by atoms with Crippen LogP contribution in [0.15, 0.2) is 53.5 Å². The molecular formula is C20H25F3IN3O. The van der Waals surface area contributed by atoms with Gasteiger partial charge in [-0.1, -0.05) is 36.4 Å². The Bertz CT molecular complexity index is 749. The Morgan fingerprint density at radius 2 is 1.68 bits per heavy atom. The lowest BCUT2D eigenvalue weighted by atomic mass is 10.1. The van der Waals surface area contributed by atoms with E-state index in [9.17, 15) is 13.2 Å². The molecule has 0 fully saturated rings. The van der Waals surface area contributed by atoms with Crippen LogP contribution in [0.2, 0.25) is 0 Å². The number of hydrogen-bond donors (Lipinski definition) is 2. The first-order valence-corrected chi connectivity index (χ1v) is 8.67. The van der Waals surface area contributed by atoms with Crippen LogP contribution in [0.1, 0.15) is 29.2 Å². The number of guanidine groups is 1. The first kappa shape index (κ1) is 24.2. The van der Waals surface area contributed by atoms with Crippen molar-refractivity contribution in [3.63, 3.8) is 0 Å². The molecule has 0 spiro atoms. The summed E-state index contributed by atoms with van der Waals surface area (Å²) in [4.78, 5) is 4.53. The second kappa shape index (κ2) is 11.9. The van der Waals surface area contributed by atoms with E-state index in [0.29, 0.717) is 32.2 Å². The maximum absolute atomic E-state index is 12.6. The number of nitrogens with one attached hydrogen (secondary N) is 2. The van der Waals surface area contributed by atoms with E-state index in [-0.39, 0.29) is 24.0 Å². The fourth-order valence-corrected chi connectivity index (χ4v) is 2.49. The Labute approximate surface area is 180 Å². The number of benzene rings is 2. The van der Waals surface area contributed by atoms with Crippen molar-refractivity contribution < 1.29 is 17.9 Å². The maximum atomic E-state index is 12.6. The highest BCUT2D eigenvalue weighted by molar-refractivity contribution is 14.0. The minimum Gasteiger partial charge on any atom is -0.380 e. The summed E-state index contributed by atoms with van der Waals surface area (Å²) in [6.45, 7) is 4.05. The van der Waals surface area contributed by atoms with Crippen LogP contribution in [0.4, 0.5) is 13.2 Å². The summed E-state index contributed by atoms with van der Waals surface area (Å²) < 4.78 is 43.0. The highest BCUT2D eigenvalue weighted by atomic mass is 127. The molecule has 0 radical (unpaired) electrons. The van der Waals surface area contributed by atoms with Gasteiger partial charge >= 0.3 is 6.18 Å². The van der Waals surface area contributed by atoms with Crippen LogP contribution in [-0.2, 0) is 30.6 Å².